The van der Waals surface area contributed by atoms with Gasteiger partial charge in [0, 0.05) is 11.8 Å². The van der Waals surface area contributed by atoms with E-state index in [9.17, 15) is 0 Å². The monoisotopic (exact) mass is 252 g/mol. The summed E-state index contributed by atoms with van der Waals surface area (Å²) in [6.45, 7) is 0. The third-order valence-corrected chi connectivity index (χ3v) is 3.73. The summed E-state index contributed by atoms with van der Waals surface area (Å²) in [5, 5.41) is 7.58. The quantitative estimate of drug-likeness (QED) is 0.626. The first-order valence-corrected chi connectivity index (χ1v) is 6.11. The highest BCUT2D eigenvalue weighted by atomic mass is 35.5. The van der Waals surface area contributed by atoms with Crippen molar-refractivity contribution in [3.8, 4) is 0 Å². The van der Waals surface area contributed by atoms with Crippen LogP contribution in [-0.2, 0) is 5.41 Å². The Morgan fingerprint density at radius 1 is 1.12 bits per heavy atom. The Labute approximate surface area is 110 Å². The Morgan fingerprint density at radius 2 is 1.71 bits per heavy atom. The number of benzene rings is 1. The maximum atomic E-state index is 7.58. The highest BCUT2D eigenvalue weighted by Crippen LogP contribution is 2.41. The van der Waals surface area contributed by atoms with E-state index in [1.807, 2.05) is 6.07 Å². The van der Waals surface area contributed by atoms with Crippen LogP contribution in [-0.4, -0.2) is 5.84 Å². The van der Waals surface area contributed by atoms with Crippen molar-refractivity contribution in [3.63, 3.8) is 0 Å². The molecule has 0 aliphatic heterocycles. The van der Waals surface area contributed by atoms with Crippen LogP contribution >= 0.6 is 12.4 Å². The van der Waals surface area contributed by atoms with E-state index in [0.717, 1.165) is 6.42 Å². The summed E-state index contributed by atoms with van der Waals surface area (Å²) in [4.78, 5) is 0. The molecule has 1 aliphatic rings. The van der Waals surface area contributed by atoms with Crippen LogP contribution < -0.4 is 5.73 Å². The molecular formula is C14H21ClN2. The van der Waals surface area contributed by atoms with Crippen LogP contribution in [0.2, 0.25) is 0 Å². The number of nitrogens with one attached hydrogen (secondary N) is 1. The third kappa shape index (κ3) is 3.22. The molecule has 1 aromatic rings. The fraction of sp³-hybridized carbons (Fsp3) is 0.500. The fourth-order valence-corrected chi connectivity index (χ4v) is 2.95. The van der Waals surface area contributed by atoms with Crippen LogP contribution in [0, 0.1) is 5.41 Å². The van der Waals surface area contributed by atoms with Gasteiger partial charge in [0.25, 0.3) is 0 Å². The van der Waals surface area contributed by atoms with E-state index in [-0.39, 0.29) is 17.8 Å². The molecule has 3 N–H and O–H groups in total. The maximum Gasteiger partial charge on any atom is 0.0914 e. The minimum absolute atomic E-state index is 0. The average Bonchev–Trinajstić information content (AvgIpc) is 2.30. The highest BCUT2D eigenvalue weighted by molar-refractivity contribution is 5.85. The molecule has 0 unspecified atom stereocenters. The van der Waals surface area contributed by atoms with Gasteiger partial charge in [-0.1, -0.05) is 49.6 Å². The first kappa shape index (κ1) is 14.0. The lowest BCUT2D eigenvalue weighted by molar-refractivity contribution is 0.301. The van der Waals surface area contributed by atoms with Crippen molar-refractivity contribution in [1.29, 1.82) is 5.41 Å². The molecule has 2 nitrogen and oxygen atoms in total. The molecule has 0 aromatic heterocycles. The van der Waals surface area contributed by atoms with Gasteiger partial charge in [-0.25, -0.2) is 0 Å². The SMILES string of the molecule is Cl.N=C(N)CC1(c2ccccc2)CCCCC1. The second-order valence-electron chi connectivity index (χ2n) is 4.91. The molecule has 0 amide bonds. The van der Waals surface area contributed by atoms with Crippen LogP contribution in [0.4, 0.5) is 0 Å². The van der Waals surface area contributed by atoms with Gasteiger partial charge in [0.2, 0.25) is 0 Å². The van der Waals surface area contributed by atoms with Gasteiger partial charge in [-0.15, -0.1) is 12.4 Å². The number of hydrogen-bond acceptors (Lipinski definition) is 1. The maximum absolute atomic E-state index is 7.58. The molecule has 3 heteroatoms. The van der Waals surface area contributed by atoms with Gasteiger partial charge in [-0.05, 0) is 18.4 Å². The minimum atomic E-state index is 0. The predicted octanol–water partition coefficient (Wildman–Crippen LogP) is 3.64. The van der Waals surface area contributed by atoms with Crippen LogP contribution in [0.5, 0.6) is 0 Å². The molecule has 1 saturated carbocycles. The molecule has 0 atom stereocenters. The molecule has 2 rings (SSSR count). The van der Waals surface area contributed by atoms with Crippen molar-refractivity contribution in [1.82, 2.24) is 0 Å². The van der Waals surface area contributed by atoms with Gasteiger partial charge < -0.3 is 5.73 Å². The summed E-state index contributed by atoms with van der Waals surface area (Å²) >= 11 is 0. The molecule has 0 radical (unpaired) electrons. The van der Waals surface area contributed by atoms with Crippen molar-refractivity contribution in [2.45, 2.75) is 43.9 Å². The molecule has 94 valence electrons. The van der Waals surface area contributed by atoms with E-state index in [2.05, 4.69) is 24.3 Å². The van der Waals surface area contributed by atoms with Crippen LogP contribution in [0.1, 0.15) is 44.1 Å². The van der Waals surface area contributed by atoms with Gasteiger partial charge in [0.15, 0.2) is 0 Å². The second-order valence-corrected chi connectivity index (χ2v) is 4.91. The van der Waals surface area contributed by atoms with E-state index < -0.39 is 0 Å². The Morgan fingerprint density at radius 3 is 2.24 bits per heavy atom. The zero-order valence-electron chi connectivity index (χ0n) is 10.1. The average molecular weight is 253 g/mol. The summed E-state index contributed by atoms with van der Waals surface area (Å²) in [5.41, 5.74) is 7.14. The van der Waals surface area contributed by atoms with Crippen molar-refractivity contribution in [3.05, 3.63) is 35.9 Å². The molecule has 17 heavy (non-hydrogen) atoms. The Hall–Kier alpha value is -1.02. The molecule has 0 spiro atoms. The van der Waals surface area contributed by atoms with Crippen LogP contribution in [0.15, 0.2) is 30.3 Å². The van der Waals surface area contributed by atoms with E-state index >= 15 is 0 Å². The van der Waals surface area contributed by atoms with Gasteiger partial charge in [0.1, 0.15) is 0 Å². The highest BCUT2D eigenvalue weighted by Gasteiger charge is 2.34. The number of halogens is 1. The summed E-state index contributed by atoms with van der Waals surface area (Å²) in [6.07, 6.45) is 6.93. The number of nitrogens with two attached hydrogens (primary N) is 1. The third-order valence-electron chi connectivity index (χ3n) is 3.73. The van der Waals surface area contributed by atoms with Gasteiger partial charge in [-0.2, -0.15) is 0 Å². The summed E-state index contributed by atoms with van der Waals surface area (Å²) < 4.78 is 0. The van der Waals surface area contributed by atoms with Crippen LogP contribution in [0.25, 0.3) is 0 Å². The smallest absolute Gasteiger partial charge is 0.0914 e. The normalized spacial score (nSPS) is 18.1. The fourth-order valence-electron chi connectivity index (χ4n) is 2.95. The molecule has 1 aromatic carbocycles. The minimum Gasteiger partial charge on any atom is -0.388 e. The molecule has 0 bridgehead atoms. The topological polar surface area (TPSA) is 49.9 Å². The Balaban J connectivity index is 0.00000144. The largest absolute Gasteiger partial charge is 0.388 e. The predicted molar refractivity (Wildman–Crippen MR) is 75.0 cm³/mol. The van der Waals surface area contributed by atoms with Crippen LogP contribution in [0.3, 0.4) is 0 Å². The molecule has 1 aliphatic carbocycles. The number of amidine groups is 1. The summed E-state index contributed by atoms with van der Waals surface area (Å²) in [7, 11) is 0. The molecule has 1 fully saturated rings. The lowest BCUT2D eigenvalue weighted by Gasteiger charge is -2.37. The first-order chi connectivity index (χ1) is 7.73. The van der Waals surface area contributed by atoms with E-state index in [1.54, 1.807) is 0 Å². The van der Waals surface area contributed by atoms with Gasteiger partial charge in [-0.3, -0.25) is 5.41 Å². The molecular weight excluding hydrogens is 232 g/mol. The van der Waals surface area contributed by atoms with E-state index in [1.165, 1.54) is 37.7 Å². The van der Waals surface area contributed by atoms with Crippen molar-refractivity contribution in [2.75, 3.05) is 0 Å². The summed E-state index contributed by atoms with van der Waals surface area (Å²) in [5.74, 6) is 0.325. The zero-order valence-corrected chi connectivity index (χ0v) is 10.9. The Bertz CT molecular complexity index is 356. The number of rotatable bonds is 3. The zero-order chi connectivity index (χ0) is 11.4. The van der Waals surface area contributed by atoms with Crippen molar-refractivity contribution >= 4 is 18.2 Å². The molecule has 0 heterocycles. The second kappa shape index (κ2) is 6.06. The molecule has 0 saturated heterocycles. The van der Waals surface area contributed by atoms with E-state index in [0.29, 0.717) is 5.84 Å². The van der Waals surface area contributed by atoms with Crippen molar-refractivity contribution in [2.24, 2.45) is 5.73 Å². The lowest BCUT2D eigenvalue weighted by Crippen LogP contribution is -2.34. The van der Waals surface area contributed by atoms with E-state index in [4.69, 9.17) is 11.1 Å². The summed E-state index contributed by atoms with van der Waals surface area (Å²) in [6, 6.07) is 10.6. The van der Waals surface area contributed by atoms with Gasteiger partial charge >= 0.3 is 0 Å². The standard InChI is InChI=1S/C14H20N2.ClH/c15-13(16)11-14(9-5-2-6-10-14)12-7-3-1-4-8-12;/h1,3-4,7-8H,2,5-6,9-11H2,(H3,15,16);1H. The first-order valence-electron chi connectivity index (χ1n) is 6.11. The lowest BCUT2D eigenvalue weighted by atomic mass is 9.67. The number of hydrogen-bond donors (Lipinski definition) is 2. The van der Waals surface area contributed by atoms with Gasteiger partial charge in [0.05, 0.1) is 5.84 Å². The van der Waals surface area contributed by atoms with Crippen molar-refractivity contribution < 1.29 is 0 Å². The Kier molecular flexibility index (Phi) is 5.01.